The van der Waals surface area contributed by atoms with Crippen LogP contribution in [0.25, 0.3) is 0 Å². The summed E-state index contributed by atoms with van der Waals surface area (Å²) in [5.41, 5.74) is 1.40. The van der Waals surface area contributed by atoms with E-state index in [1.807, 2.05) is 32.9 Å². The Morgan fingerprint density at radius 1 is 1.19 bits per heavy atom. The van der Waals surface area contributed by atoms with E-state index in [-0.39, 0.29) is 41.5 Å². The van der Waals surface area contributed by atoms with Gasteiger partial charge in [-0.05, 0) is 30.7 Å². The Morgan fingerprint density at radius 2 is 1.78 bits per heavy atom. The molecule has 12 heteroatoms. The zero-order chi connectivity index (χ0) is 28.4. The number of allylic oxidation sites excluding steroid dienone is 4. The van der Waals surface area contributed by atoms with Crippen molar-refractivity contribution in [3.63, 3.8) is 0 Å². The molecule has 0 heterocycles. The molecule has 0 unspecified atom stereocenters. The molecule has 0 bridgehead atoms. The summed E-state index contributed by atoms with van der Waals surface area (Å²) in [7, 11) is -3.39. The molecule has 0 aliphatic carbocycles. The number of halogens is 3. The van der Waals surface area contributed by atoms with Gasteiger partial charge in [0.25, 0.3) is 0 Å². The molecule has 0 saturated carbocycles. The molecule has 8 nitrogen and oxygen atoms in total. The monoisotopic (exact) mass is 597 g/mol. The Bertz CT molecular complexity index is 1100. The number of rotatable bonds is 15. The first-order chi connectivity index (χ1) is 17.1. The first-order valence-corrected chi connectivity index (χ1v) is 14.4. The van der Waals surface area contributed by atoms with Gasteiger partial charge in [-0.2, -0.15) is 0 Å². The first-order valence-electron chi connectivity index (χ1n) is 11.2. The van der Waals surface area contributed by atoms with Gasteiger partial charge in [-0.15, -0.1) is 11.6 Å². The van der Waals surface area contributed by atoms with Crippen LogP contribution in [0.2, 0.25) is 0 Å². The second-order valence-electron chi connectivity index (χ2n) is 8.84. The number of esters is 1. The maximum Gasteiger partial charge on any atom is 0.303 e. The summed E-state index contributed by atoms with van der Waals surface area (Å²) in [6, 6.07) is 7.28. The molecule has 0 amide bonds. The van der Waals surface area contributed by atoms with Crippen LogP contribution in [-0.2, 0) is 29.7 Å². The predicted octanol–water partition coefficient (Wildman–Crippen LogP) is 4.59. The molecule has 0 aromatic heterocycles. The number of carbonyl (C=O) groups is 1. The predicted molar refractivity (Wildman–Crippen MR) is 148 cm³/mol. The van der Waals surface area contributed by atoms with Gasteiger partial charge in [0.15, 0.2) is 5.76 Å². The van der Waals surface area contributed by atoms with Crippen LogP contribution >= 0.6 is 34.8 Å². The van der Waals surface area contributed by atoms with Gasteiger partial charge in [-0.3, -0.25) is 4.79 Å². The third-order valence-corrected chi connectivity index (χ3v) is 6.80. The van der Waals surface area contributed by atoms with Crippen molar-refractivity contribution in [1.82, 2.24) is 4.72 Å². The zero-order valence-electron chi connectivity index (χ0n) is 21.5. The minimum atomic E-state index is -3.39. The lowest BCUT2D eigenvalue weighted by molar-refractivity contribution is -0.147. The third-order valence-electron chi connectivity index (χ3n) is 5.31. The number of benzene rings is 1. The van der Waals surface area contributed by atoms with Gasteiger partial charge in [0.2, 0.25) is 10.0 Å². The highest BCUT2D eigenvalue weighted by molar-refractivity contribution is 7.88. The van der Waals surface area contributed by atoms with Crippen LogP contribution in [0.1, 0.15) is 33.3 Å². The molecular formula is C25H34Cl3NO7S. The molecule has 0 saturated heterocycles. The molecule has 2 atom stereocenters. The Hall–Kier alpha value is -1.75. The second kappa shape index (κ2) is 15.0. The number of ether oxygens (including phenoxy) is 3. The van der Waals surface area contributed by atoms with Crippen LogP contribution in [0.4, 0.5) is 0 Å². The maximum absolute atomic E-state index is 11.2. The van der Waals surface area contributed by atoms with Gasteiger partial charge in [0, 0.05) is 18.9 Å². The topological polar surface area (TPSA) is 111 Å². The SMILES string of the molecule is C=C(Cl)/C(OC[C@H](CCl)OC(C)=O)=C(Cl)\C=C(/C)C(C)(C)c1ccc(OC[C@H](O)CNS(C)(=O)=O)cc1. The molecule has 0 aliphatic heterocycles. The number of nitrogens with one attached hydrogen (secondary N) is 1. The maximum atomic E-state index is 11.2. The molecule has 0 radical (unpaired) electrons. The van der Waals surface area contributed by atoms with E-state index < -0.39 is 33.6 Å². The third kappa shape index (κ3) is 12.1. The molecule has 2 N–H and O–H groups in total. The summed E-state index contributed by atoms with van der Waals surface area (Å²) in [6.07, 6.45) is 1.07. The summed E-state index contributed by atoms with van der Waals surface area (Å²) in [4.78, 5) is 11.2. The van der Waals surface area contributed by atoms with Crippen LogP contribution in [0, 0.1) is 0 Å². The number of hydrogen-bond donors (Lipinski definition) is 2. The Labute approximate surface area is 234 Å². The van der Waals surface area contributed by atoms with E-state index in [0.29, 0.717) is 5.75 Å². The van der Waals surface area contributed by atoms with E-state index in [0.717, 1.165) is 17.4 Å². The largest absolute Gasteiger partial charge is 0.491 e. The number of carbonyl (C=O) groups excluding carboxylic acids is 1. The molecule has 208 valence electrons. The molecule has 1 aromatic rings. The molecular weight excluding hydrogens is 565 g/mol. The Morgan fingerprint density at radius 3 is 2.27 bits per heavy atom. The average Bonchev–Trinajstić information content (AvgIpc) is 2.79. The van der Waals surface area contributed by atoms with Crippen molar-refractivity contribution < 1.29 is 32.5 Å². The van der Waals surface area contributed by atoms with E-state index >= 15 is 0 Å². The van der Waals surface area contributed by atoms with Crippen LogP contribution < -0.4 is 9.46 Å². The van der Waals surface area contributed by atoms with E-state index in [1.54, 1.807) is 18.2 Å². The molecule has 1 rings (SSSR count). The van der Waals surface area contributed by atoms with Crippen molar-refractivity contribution in [2.75, 3.05) is 31.9 Å². The highest BCUT2D eigenvalue weighted by atomic mass is 35.5. The summed E-state index contributed by atoms with van der Waals surface area (Å²) >= 11 is 18.4. The fourth-order valence-electron chi connectivity index (χ4n) is 2.93. The van der Waals surface area contributed by atoms with E-state index in [2.05, 4.69) is 11.3 Å². The number of alkyl halides is 1. The van der Waals surface area contributed by atoms with Gasteiger partial charge < -0.3 is 19.3 Å². The summed E-state index contributed by atoms with van der Waals surface area (Å²) in [6.45, 7) is 10.7. The van der Waals surface area contributed by atoms with Gasteiger partial charge >= 0.3 is 5.97 Å². The highest BCUT2D eigenvalue weighted by Crippen LogP contribution is 2.34. The average molecular weight is 599 g/mol. The molecule has 0 fully saturated rings. The zero-order valence-corrected chi connectivity index (χ0v) is 24.6. The summed E-state index contributed by atoms with van der Waals surface area (Å²) in [5.74, 6) is 0.225. The lowest BCUT2D eigenvalue weighted by Gasteiger charge is -2.27. The van der Waals surface area contributed by atoms with Crippen molar-refractivity contribution >= 4 is 50.8 Å². The minimum Gasteiger partial charge on any atom is -0.491 e. The molecule has 0 spiro atoms. The van der Waals surface area contributed by atoms with Crippen molar-refractivity contribution in [3.8, 4) is 5.75 Å². The number of hydrogen-bond acceptors (Lipinski definition) is 7. The van der Waals surface area contributed by atoms with E-state index in [4.69, 9.17) is 49.0 Å². The van der Waals surface area contributed by atoms with Crippen molar-refractivity contribution in [1.29, 1.82) is 0 Å². The minimum absolute atomic E-state index is 0.0390. The molecule has 37 heavy (non-hydrogen) atoms. The number of sulfonamides is 1. The van der Waals surface area contributed by atoms with Gasteiger partial charge in [-0.1, -0.05) is 61.3 Å². The van der Waals surface area contributed by atoms with Gasteiger partial charge in [0.1, 0.15) is 31.2 Å². The fourth-order valence-corrected chi connectivity index (χ4v) is 4.11. The van der Waals surface area contributed by atoms with E-state index in [9.17, 15) is 18.3 Å². The quantitative estimate of drug-likeness (QED) is 0.131. The standard InChI is InChI=1S/C25H34Cl3NO7S/c1-16(11-23(28)24(17(2)27)35-15-22(12-26)36-18(3)30)25(4,5)19-7-9-21(10-8-19)34-14-20(31)13-29-37(6,32)33/h7-11,20,22,29,31H,2,12-15H2,1,3-6H3/b16-11+,24-23-/t20-,22+/m1/s1. The Balaban J connectivity index is 2.96. The van der Waals surface area contributed by atoms with Crippen molar-refractivity contribution in [3.05, 3.63) is 63.9 Å². The van der Waals surface area contributed by atoms with Crippen molar-refractivity contribution in [2.45, 2.75) is 45.3 Å². The van der Waals surface area contributed by atoms with Gasteiger partial charge in [-0.25, -0.2) is 13.1 Å². The van der Waals surface area contributed by atoms with Crippen LogP contribution in [0.5, 0.6) is 5.75 Å². The smallest absolute Gasteiger partial charge is 0.303 e. The van der Waals surface area contributed by atoms with E-state index in [1.165, 1.54) is 6.92 Å². The lowest BCUT2D eigenvalue weighted by Crippen LogP contribution is -2.34. The Kier molecular flexibility index (Phi) is 13.5. The highest BCUT2D eigenvalue weighted by Gasteiger charge is 2.24. The molecule has 0 aliphatic rings. The summed E-state index contributed by atoms with van der Waals surface area (Å²) < 4.78 is 40.8. The lowest BCUT2D eigenvalue weighted by atomic mass is 9.78. The second-order valence-corrected chi connectivity index (χ2v) is 11.8. The number of aliphatic hydroxyl groups is 1. The molecule has 1 aromatic carbocycles. The van der Waals surface area contributed by atoms with Crippen LogP contribution in [0.15, 0.2) is 58.3 Å². The van der Waals surface area contributed by atoms with Crippen LogP contribution in [-0.4, -0.2) is 63.6 Å². The summed E-state index contributed by atoms with van der Waals surface area (Å²) in [5, 5.41) is 10.2. The normalized spacial score (nSPS) is 14.9. The number of aliphatic hydroxyl groups excluding tert-OH is 1. The first kappa shape index (κ1) is 33.3. The van der Waals surface area contributed by atoms with Crippen LogP contribution in [0.3, 0.4) is 0 Å². The van der Waals surface area contributed by atoms with Crippen molar-refractivity contribution in [2.24, 2.45) is 0 Å². The van der Waals surface area contributed by atoms with Gasteiger partial charge in [0.05, 0.1) is 22.2 Å². The fraction of sp³-hybridized carbons (Fsp3) is 0.480.